The van der Waals surface area contributed by atoms with Crippen molar-refractivity contribution >= 4 is 17.3 Å². The molecule has 1 aliphatic rings. The third-order valence-electron chi connectivity index (χ3n) is 3.43. The Balaban J connectivity index is 2.35. The van der Waals surface area contributed by atoms with Crippen molar-refractivity contribution in [2.45, 2.75) is 12.2 Å². The first-order chi connectivity index (χ1) is 9.08. The number of hydrogen-bond acceptors (Lipinski definition) is 5. The van der Waals surface area contributed by atoms with E-state index in [0.717, 1.165) is 0 Å². The van der Waals surface area contributed by atoms with Gasteiger partial charge in [0.25, 0.3) is 0 Å². The Morgan fingerprint density at radius 2 is 1.89 bits per heavy atom. The van der Waals surface area contributed by atoms with E-state index in [1.54, 1.807) is 32.4 Å². The molecule has 2 atom stereocenters. The third kappa shape index (κ3) is 2.50. The Bertz CT molecular complexity index is 466. The Morgan fingerprint density at radius 3 is 2.37 bits per heavy atom. The predicted octanol–water partition coefficient (Wildman–Crippen LogP) is 0.817. The van der Waals surface area contributed by atoms with Crippen LogP contribution in [0.1, 0.15) is 10.4 Å². The third-order valence-corrected chi connectivity index (χ3v) is 3.43. The first-order valence-corrected chi connectivity index (χ1v) is 6.00. The summed E-state index contributed by atoms with van der Waals surface area (Å²) in [6.45, 7) is 1.12. The number of methoxy groups -OCH3 is 2. The fourth-order valence-electron chi connectivity index (χ4n) is 2.47. The number of nitrogen functional groups attached to an aromatic ring is 1. The summed E-state index contributed by atoms with van der Waals surface area (Å²) in [4.78, 5) is 13.2. The molecule has 19 heavy (non-hydrogen) atoms. The zero-order valence-corrected chi connectivity index (χ0v) is 11.0. The number of carboxylic acid groups (broad SMARTS) is 1. The predicted molar refractivity (Wildman–Crippen MR) is 71.6 cm³/mol. The van der Waals surface area contributed by atoms with E-state index in [1.165, 1.54) is 0 Å². The molecule has 1 saturated heterocycles. The van der Waals surface area contributed by atoms with Crippen LogP contribution >= 0.6 is 0 Å². The lowest BCUT2D eigenvalue weighted by molar-refractivity contribution is -0.00461. The van der Waals surface area contributed by atoms with Gasteiger partial charge in [0, 0.05) is 27.3 Å². The van der Waals surface area contributed by atoms with Gasteiger partial charge in [-0.3, -0.25) is 0 Å². The second kappa shape index (κ2) is 5.46. The molecule has 2 unspecified atom stereocenters. The minimum absolute atomic E-state index is 0.0914. The average Bonchev–Trinajstić information content (AvgIpc) is 2.81. The SMILES string of the molecule is COC1CN(c2c(N)cccc2C(=O)O)CC1OC. The Labute approximate surface area is 111 Å². The van der Waals surface area contributed by atoms with Crippen molar-refractivity contribution in [1.82, 2.24) is 0 Å². The van der Waals surface area contributed by atoms with Gasteiger partial charge in [0.2, 0.25) is 0 Å². The zero-order chi connectivity index (χ0) is 14.0. The summed E-state index contributed by atoms with van der Waals surface area (Å²) in [5.41, 5.74) is 7.12. The largest absolute Gasteiger partial charge is 0.478 e. The summed E-state index contributed by atoms with van der Waals surface area (Å²) >= 11 is 0. The van der Waals surface area contributed by atoms with Gasteiger partial charge in [-0.1, -0.05) is 6.07 Å². The van der Waals surface area contributed by atoms with E-state index in [1.807, 2.05) is 4.90 Å². The van der Waals surface area contributed by atoms with Crippen LogP contribution in [0, 0.1) is 0 Å². The van der Waals surface area contributed by atoms with Gasteiger partial charge in [0.05, 0.1) is 16.9 Å². The highest BCUT2D eigenvalue weighted by Gasteiger charge is 2.35. The van der Waals surface area contributed by atoms with Gasteiger partial charge < -0.3 is 25.2 Å². The van der Waals surface area contributed by atoms with Crippen molar-refractivity contribution in [1.29, 1.82) is 0 Å². The molecule has 1 heterocycles. The molecule has 0 saturated carbocycles. The molecule has 104 valence electrons. The maximum absolute atomic E-state index is 11.3. The van der Waals surface area contributed by atoms with E-state index in [9.17, 15) is 9.90 Å². The van der Waals surface area contributed by atoms with E-state index >= 15 is 0 Å². The number of ether oxygens (including phenoxy) is 2. The zero-order valence-electron chi connectivity index (χ0n) is 11.0. The Kier molecular flexibility index (Phi) is 3.92. The van der Waals surface area contributed by atoms with Crippen LogP contribution in [0.2, 0.25) is 0 Å². The van der Waals surface area contributed by atoms with Crippen molar-refractivity contribution in [3.8, 4) is 0 Å². The number of carboxylic acids is 1. The van der Waals surface area contributed by atoms with E-state index < -0.39 is 5.97 Å². The molecule has 3 N–H and O–H groups in total. The number of benzene rings is 1. The minimum Gasteiger partial charge on any atom is -0.478 e. The van der Waals surface area contributed by atoms with Crippen LogP contribution in [0.25, 0.3) is 0 Å². The minimum atomic E-state index is -0.989. The fourth-order valence-corrected chi connectivity index (χ4v) is 2.47. The lowest BCUT2D eigenvalue weighted by Crippen LogP contribution is -2.27. The molecule has 0 bridgehead atoms. The molecular weight excluding hydrogens is 248 g/mol. The summed E-state index contributed by atoms with van der Waals surface area (Å²) < 4.78 is 10.7. The molecule has 0 aromatic heterocycles. The smallest absolute Gasteiger partial charge is 0.337 e. The Morgan fingerprint density at radius 1 is 1.32 bits per heavy atom. The number of rotatable bonds is 4. The molecule has 1 aromatic carbocycles. The van der Waals surface area contributed by atoms with Gasteiger partial charge in [0.1, 0.15) is 12.2 Å². The number of para-hydroxylation sites is 1. The average molecular weight is 266 g/mol. The second-order valence-electron chi connectivity index (χ2n) is 4.50. The second-order valence-corrected chi connectivity index (χ2v) is 4.50. The number of nitrogens with zero attached hydrogens (tertiary/aromatic N) is 1. The molecule has 6 heteroatoms. The van der Waals surface area contributed by atoms with Gasteiger partial charge in [-0.2, -0.15) is 0 Å². The van der Waals surface area contributed by atoms with Crippen molar-refractivity contribution in [2.24, 2.45) is 0 Å². The van der Waals surface area contributed by atoms with Crippen LogP contribution in [0.3, 0.4) is 0 Å². The lowest BCUT2D eigenvalue weighted by atomic mass is 10.1. The molecule has 2 rings (SSSR count). The van der Waals surface area contributed by atoms with Gasteiger partial charge in [0.15, 0.2) is 0 Å². The van der Waals surface area contributed by atoms with E-state index in [4.69, 9.17) is 15.2 Å². The quantitative estimate of drug-likeness (QED) is 0.785. The lowest BCUT2D eigenvalue weighted by Gasteiger charge is -2.22. The number of aromatic carboxylic acids is 1. The van der Waals surface area contributed by atoms with Crippen LogP contribution in [0.4, 0.5) is 11.4 Å². The van der Waals surface area contributed by atoms with Crippen LogP contribution in [0.15, 0.2) is 18.2 Å². The molecule has 1 aliphatic heterocycles. The molecule has 6 nitrogen and oxygen atoms in total. The molecule has 1 fully saturated rings. The Hall–Kier alpha value is -1.79. The van der Waals surface area contributed by atoms with Gasteiger partial charge in [-0.15, -0.1) is 0 Å². The van der Waals surface area contributed by atoms with Crippen LogP contribution in [-0.4, -0.2) is 50.6 Å². The van der Waals surface area contributed by atoms with E-state index in [-0.39, 0.29) is 17.8 Å². The summed E-state index contributed by atoms with van der Waals surface area (Å²) in [6, 6.07) is 4.89. The molecule has 0 radical (unpaired) electrons. The van der Waals surface area contributed by atoms with Gasteiger partial charge in [-0.05, 0) is 12.1 Å². The van der Waals surface area contributed by atoms with E-state index in [2.05, 4.69) is 0 Å². The highest BCUT2D eigenvalue weighted by Crippen LogP contribution is 2.32. The highest BCUT2D eigenvalue weighted by molar-refractivity contribution is 5.98. The topological polar surface area (TPSA) is 85.0 Å². The molecule has 0 aliphatic carbocycles. The number of nitrogens with two attached hydrogens (primary N) is 1. The standard InChI is InChI=1S/C13H18N2O4/c1-18-10-6-15(7-11(10)19-2)12-8(13(16)17)4-3-5-9(12)14/h3-5,10-11H,6-7,14H2,1-2H3,(H,16,17). The van der Waals surface area contributed by atoms with E-state index in [0.29, 0.717) is 24.5 Å². The van der Waals surface area contributed by atoms with Gasteiger partial charge >= 0.3 is 5.97 Å². The monoisotopic (exact) mass is 266 g/mol. The van der Waals surface area contributed by atoms with Crippen LogP contribution < -0.4 is 10.6 Å². The normalized spacial score (nSPS) is 22.7. The van der Waals surface area contributed by atoms with Crippen molar-refractivity contribution in [3.63, 3.8) is 0 Å². The first kappa shape index (κ1) is 13.6. The number of hydrogen-bond donors (Lipinski definition) is 2. The van der Waals surface area contributed by atoms with Crippen LogP contribution in [0.5, 0.6) is 0 Å². The molecule has 0 spiro atoms. The maximum atomic E-state index is 11.3. The fraction of sp³-hybridized carbons (Fsp3) is 0.462. The van der Waals surface area contributed by atoms with Crippen molar-refractivity contribution in [3.05, 3.63) is 23.8 Å². The molecular formula is C13H18N2O4. The summed E-state index contributed by atoms with van der Waals surface area (Å²) in [5.74, 6) is -0.989. The van der Waals surface area contributed by atoms with Crippen LogP contribution in [-0.2, 0) is 9.47 Å². The summed E-state index contributed by atoms with van der Waals surface area (Å²) in [7, 11) is 3.24. The summed E-state index contributed by atoms with van der Waals surface area (Å²) in [6.07, 6.45) is -0.183. The first-order valence-electron chi connectivity index (χ1n) is 6.00. The highest BCUT2D eigenvalue weighted by atomic mass is 16.5. The molecule has 1 aromatic rings. The van der Waals surface area contributed by atoms with Crippen molar-refractivity contribution in [2.75, 3.05) is 37.9 Å². The van der Waals surface area contributed by atoms with Gasteiger partial charge in [-0.25, -0.2) is 4.79 Å². The molecule has 0 amide bonds. The summed E-state index contributed by atoms with van der Waals surface area (Å²) in [5, 5.41) is 9.25. The van der Waals surface area contributed by atoms with Crippen molar-refractivity contribution < 1.29 is 19.4 Å². The maximum Gasteiger partial charge on any atom is 0.337 e. The number of carbonyl (C=O) groups is 1. The number of anilines is 2.